The average molecular weight is 594 g/mol. The molecular formula is C35H31NO4S2. The Bertz CT molecular complexity index is 1700. The van der Waals surface area contributed by atoms with Gasteiger partial charge >= 0.3 is 5.97 Å². The van der Waals surface area contributed by atoms with Crippen LogP contribution < -0.4 is 0 Å². The molecule has 0 spiro atoms. The number of methoxy groups -OCH3 is 1. The number of carbonyl (C=O) groups is 1. The van der Waals surface area contributed by atoms with Crippen molar-refractivity contribution in [3.8, 4) is 0 Å². The van der Waals surface area contributed by atoms with E-state index < -0.39 is 26.8 Å². The molecule has 0 aromatic heterocycles. The van der Waals surface area contributed by atoms with Crippen LogP contribution in [0.4, 0.5) is 0 Å². The van der Waals surface area contributed by atoms with Crippen molar-refractivity contribution in [2.75, 3.05) is 13.7 Å². The van der Waals surface area contributed by atoms with E-state index in [1.165, 1.54) is 11.4 Å². The number of hydrogen-bond acceptors (Lipinski definition) is 5. The summed E-state index contributed by atoms with van der Waals surface area (Å²) in [5, 5.41) is 1.58. The van der Waals surface area contributed by atoms with Gasteiger partial charge in [-0.2, -0.15) is 4.31 Å². The van der Waals surface area contributed by atoms with E-state index in [1.54, 1.807) is 23.9 Å². The van der Waals surface area contributed by atoms with Gasteiger partial charge in [-0.25, -0.2) is 8.42 Å². The van der Waals surface area contributed by atoms with Crippen molar-refractivity contribution in [1.29, 1.82) is 0 Å². The van der Waals surface area contributed by atoms with E-state index in [0.717, 1.165) is 27.5 Å². The molecule has 1 saturated heterocycles. The third-order valence-corrected chi connectivity index (χ3v) is 11.5. The number of sulfonamides is 1. The highest BCUT2D eigenvalue weighted by atomic mass is 32.2. The van der Waals surface area contributed by atoms with Gasteiger partial charge in [-0.1, -0.05) is 121 Å². The lowest BCUT2D eigenvalue weighted by molar-refractivity contribution is -0.144. The maximum absolute atomic E-state index is 14.1. The zero-order valence-corrected chi connectivity index (χ0v) is 24.8. The first kappa shape index (κ1) is 28.2. The van der Waals surface area contributed by atoms with E-state index in [4.69, 9.17) is 4.74 Å². The summed E-state index contributed by atoms with van der Waals surface area (Å²) in [7, 11) is -2.69. The minimum atomic E-state index is -4.00. The van der Waals surface area contributed by atoms with E-state index in [-0.39, 0.29) is 16.7 Å². The van der Waals surface area contributed by atoms with E-state index in [9.17, 15) is 13.2 Å². The van der Waals surface area contributed by atoms with Crippen LogP contribution in [-0.2, 0) is 24.3 Å². The van der Waals surface area contributed by atoms with E-state index in [2.05, 4.69) is 36.4 Å². The Morgan fingerprint density at radius 1 is 0.738 bits per heavy atom. The van der Waals surface area contributed by atoms with Gasteiger partial charge in [-0.15, -0.1) is 11.8 Å². The van der Waals surface area contributed by atoms with Crippen LogP contribution >= 0.6 is 11.8 Å². The second-order valence-corrected chi connectivity index (χ2v) is 13.8. The maximum Gasteiger partial charge on any atom is 0.324 e. The molecule has 5 nitrogen and oxygen atoms in total. The maximum atomic E-state index is 14.1. The Balaban J connectivity index is 1.44. The molecule has 0 saturated carbocycles. The number of hydrogen-bond donors (Lipinski definition) is 0. The minimum absolute atomic E-state index is 0.168. The zero-order valence-electron chi connectivity index (χ0n) is 23.2. The summed E-state index contributed by atoms with van der Waals surface area (Å²) in [6.45, 7) is 0.174. The quantitative estimate of drug-likeness (QED) is 0.145. The van der Waals surface area contributed by atoms with Gasteiger partial charge in [0.2, 0.25) is 10.0 Å². The Morgan fingerprint density at radius 2 is 1.24 bits per heavy atom. The highest BCUT2D eigenvalue weighted by molar-refractivity contribution is 8.01. The fraction of sp³-hybridized carbons (Fsp3) is 0.171. The van der Waals surface area contributed by atoms with E-state index in [0.29, 0.717) is 6.42 Å². The van der Waals surface area contributed by atoms with Crippen LogP contribution in [-0.4, -0.2) is 43.6 Å². The molecule has 0 aliphatic carbocycles. The first-order valence-corrected chi connectivity index (χ1v) is 16.2. The van der Waals surface area contributed by atoms with Crippen LogP contribution in [0.2, 0.25) is 0 Å². The minimum Gasteiger partial charge on any atom is -0.468 e. The van der Waals surface area contributed by atoms with Crippen molar-refractivity contribution < 1.29 is 17.9 Å². The number of carbonyl (C=O) groups excluding carboxylic acids is 1. The number of fused-ring (bicyclic) bond motifs is 1. The standard InChI is InChI=1S/C35H31NO4S2/c1-40-34(37)33-24-31(25-36(33)42(38,39)32-22-21-26-13-11-12-14-27(26)23-32)41-35(28-15-5-2-6-16-28,29-17-7-3-8-18-29)30-19-9-4-10-20-30/h2-23,31,33H,24-25H2,1H3/t31-,33?/m1/s1. The molecular weight excluding hydrogens is 563 g/mol. The van der Waals surface area contributed by atoms with Crippen molar-refractivity contribution in [1.82, 2.24) is 4.31 Å². The van der Waals surface area contributed by atoms with Crippen LogP contribution in [0.5, 0.6) is 0 Å². The van der Waals surface area contributed by atoms with Gasteiger partial charge in [-0.05, 0) is 46.0 Å². The van der Waals surface area contributed by atoms with Gasteiger partial charge in [0.25, 0.3) is 0 Å². The van der Waals surface area contributed by atoms with E-state index in [1.807, 2.05) is 84.9 Å². The molecule has 2 atom stereocenters. The number of ether oxygens (including phenoxy) is 1. The second-order valence-electron chi connectivity index (χ2n) is 10.4. The smallest absolute Gasteiger partial charge is 0.324 e. The molecule has 5 aromatic rings. The van der Waals surface area contributed by atoms with Crippen molar-refractivity contribution in [3.63, 3.8) is 0 Å². The second kappa shape index (κ2) is 11.8. The summed E-state index contributed by atoms with van der Waals surface area (Å²) in [4.78, 5) is 13.3. The van der Waals surface area contributed by atoms with Crippen LogP contribution in [0.3, 0.4) is 0 Å². The summed E-state index contributed by atoms with van der Waals surface area (Å²) < 4.78 is 34.1. The highest BCUT2D eigenvalue weighted by Gasteiger charge is 2.48. The summed E-state index contributed by atoms with van der Waals surface area (Å²) in [6, 6.07) is 42.7. The van der Waals surface area contributed by atoms with Crippen molar-refractivity contribution >= 4 is 38.5 Å². The molecule has 1 aliphatic heterocycles. The fourth-order valence-electron chi connectivity index (χ4n) is 5.91. The van der Waals surface area contributed by atoms with Gasteiger partial charge in [0, 0.05) is 11.8 Å². The Hall–Kier alpha value is -3.91. The monoisotopic (exact) mass is 593 g/mol. The summed E-state index contributed by atoms with van der Waals surface area (Å²) in [6.07, 6.45) is 0.332. The Labute approximate surface area is 251 Å². The largest absolute Gasteiger partial charge is 0.468 e. The van der Waals surface area contributed by atoms with Gasteiger partial charge < -0.3 is 4.74 Å². The molecule has 1 fully saturated rings. The molecule has 212 valence electrons. The first-order chi connectivity index (χ1) is 20.4. The summed E-state index contributed by atoms with van der Waals surface area (Å²) in [5.41, 5.74) is 3.24. The Kier molecular flexibility index (Phi) is 7.90. The Morgan fingerprint density at radius 3 is 1.76 bits per heavy atom. The number of thioether (sulfide) groups is 1. The lowest BCUT2D eigenvalue weighted by Crippen LogP contribution is -2.41. The molecule has 0 radical (unpaired) electrons. The predicted molar refractivity (Wildman–Crippen MR) is 169 cm³/mol. The zero-order chi connectivity index (χ0) is 29.2. The number of benzene rings is 5. The number of nitrogens with zero attached hydrogens (tertiary/aromatic N) is 1. The molecule has 1 unspecified atom stereocenters. The molecule has 0 amide bonds. The lowest BCUT2D eigenvalue weighted by Gasteiger charge is -2.37. The van der Waals surface area contributed by atoms with Gasteiger partial charge in [0.05, 0.1) is 16.8 Å². The van der Waals surface area contributed by atoms with Crippen molar-refractivity contribution in [2.24, 2.45) is 0 Å². The van der Waals surface area contributed by atoms with Gasteiger partial charge in [-0.3, -0.25) is 4.79 Å². The molecule has 0 bridgehead atoms. The van der Waals surface area contributed by atoms with Crippen molar-refractivity contribution in [2.45, 2.75) is 27.4 Å². The molecule has 6 rings (SSSR count). The van der Waals surface area contributed by atoms with Crippen LogP contribution in [0.25, 0.3) is 10.8 Å². The fourth-order valence-corrected chi connectivity index (χ4v) is 9.50. The molecule has 42 heavy (non-hydrogen) atoms. The first-order valence-electron chi connectivity index (χ1n) is 13.9. The van der Waals surface area contributed by atoms with Crippen LogP contribution in [0.1, 0.15) is 23.1 Å². The third kappa shape index (κ3) is 5.13. The normalized spacial score (nSPS) is 17.7. The van der Waals surface area contributed by atoms with Gasteiger partial charge in [0.1, 0.15) is 6.04 Å². The van der Waals surface area contributed by atoms with Crippen molar-refractivity contribution in [3.05, 3.63) is 150 Å². The number of esters is 1. The lowest BCUT2D eigenvalue weighted by atomic mass is 9.84. The van der Waals surface area contributed by atoms with Crippen LogP contribution in [0.15, 0.2) is 138 Å². The third-order valence-electron chi connectivity index (χ3n) is 7.90. The molecule has 5 aromatic carbocycles. The molecule has 1 heterocycles. The average Bonchev–Trinajstić information content (AvgIpc) is 3.49. The highest BCUT2D eigenvalue weighted by Crippen LogP contribution is 2.52. The molecule has 1 aliphatic rings. The molecule has 0 N–H and O–H groups in total. The van der Waals surface area contributed by atoms with Crippen LogP contribution in [0, 0.1) is 0 Å². The predicted octanol–water partition coefficient (Wildman–Crippen LogP) is 6.87. The molecule has 7 heteroatoms. The number of rotatable bonds is 8. The SMILES string of the molecule is COC(=O)C1C[C@@H](SC(c2ccccc2)(c2ccccc2)c2ccccc2)CN1S(=O)(=O)c1ccc2ccccc2c1. The summed E-state index contributed by atoms with van der Waals surface area (Å²) >= 11 is 1.69. The topological polar surface area (TPSA) is 63.7 Å². The van der Waals surface area contributed by atoms with Gasteiger partial charge in [0.15, 0.2) is 0 Å². The van der Waals surface area contributed by atoms with E-state index >= 15 is 0 Å². The summed E-state index contributed by atoms with van der Waals surface area (Å²) in [5.74, 6) is -0.549.